The van der Waals surface area contributed by atoms with Crippen LogP contribution in [0.15, 0.2) is 29.3 Å². The maximum atomic E-state index is 12.1. The van der Waals surface area contributed by atoms with Crippen molar-refractivity contribution in [2.45, 2.75) is 39.8 Å². The number of hydrogen-bond acceptors (Lipinski definition) is 2. The third-order valence-electron chi connectivity index (χ3n) is 3.32. The molecule has 0 heterocycles. The number of nitrogens with zero attached hydrogens (tertiary/aromatic N) is 1. The zero-order chi connectivity index (χ0) is 16.5. The molecule has 1 rings (SSSR count). The van der Waals surface area contributed by atoms with Crippen LogP contribution in [0.5, 0.6) is 5.75 Å². The molecule has 0 fully saturated rings. The van der Waals surface area contributed by atoms with Crippen LogP contribution < -0.4 is 15.4 Å². The zero-order valence-electron chi connectivity index (χ0n) is 14.0. The van der Waals surface area contributed by atoms with Crippen molar-refractivity contribution in [1.29, 1.82) is 0 Å². The van der Waals surface area contributed by atoms with Gasteiger partial charge in [0, 0.05) is 19.6 Å². The fourth-order valence-corrected chi connectivity index (χ4v) is 1.67. The van der Waals surface area contributed by atoms with Crippen molar-refractivity contribution in [2.24, 2.45) is 10.9 Å². The molecule has 0 amide bonds. The van der Waals surface area contributed by atoms with E-state index in [-0.39, 0.29) is 24.0 Å². The molecule has 0 saturated heterocycles. The molecular formula is C16H26F2IN3O. The number of aliphatic imine (C=N–C) groups is 1. The van der Waals surface area contributed by atoms with E-state index < -0.39 is 13.0 Å². The Hall–Kier alpha value is -1.12. The van der Waals surface area contributed by atoms with Gasteiger partial charge in [0.25, 0.3) is 6.43 Å². The number of benzene rings is 1. The molecule has 132 valence electrons. The highest BCUT2D eigenvalue weighted by atomic mass is 127. The van der Waals surface area contributed by atoms with Crippen LogP contribution in [0.1, 0.15) is 26.3 Å². The highest BCUT2D eigenvalue weighted by Gasteiger charge is 2.09. The minimum atomic E-state index is -2.47. The van der Waals surface area contributed by atoms with E-state index in [0.29, 0.717) is 30.2 Å². The zero-order valence-corrected chi connectivity index (χ0v) is 16.3. The monoisotopic (exact) mass is 441 g/mol. The normalized spacial score (nSPS) is 12.8. The molecule has 23 heavy (non-hydrogen) atoms. The van der Waals surface area contributed by atoms with Gasteiger partial charge in [0.05, 0.1) is 0 Å². The molecule has 0 aromatic heterocycles. The maximum absolute atomic E-state index is 12.1. The molecule has 0 bridgehead atoms. The molecule has 0 aliphatic heterocycles. The second-order valence-electron chi connectivity index (χ2n) is 5.45. The minimum Gasteiger partial charge on any atom is -0.488 e. The van der Waals surface area contributed by atoms with Crippen molar-refractivity contribution in [3.63, 3.8) is 0 Å². The Bertz CT molecular complexity index is 484. The largest absolute Gasteiger partial charge is 0.488 e. The van der Waals surface area contributed by atoms with Crippen molar-refractivity contribution in [1.82, 2.24) is 10.6 Å². The summed E-state index contributed by atoms with van der Waals surface area (Å²) in [5, 5.41) is 6.50. The van der Waals surface area contributed by atoms with E-state index in [1.807, 2.05) is 6.07 Å². The van der Waals surface area contributed by atoms with E-state index in [9.17, 15) is 8.78 Å². The fraction of sp³-hybridized carbons (Fsp3) is 0.562. The molecule has 1 aromatic rings. The molecule has 1 atom stereocenters. The summed E-state index contributed by atoms with van der Waals surface area (Å²) in [7, 11) is 1.71. The Morgan fingerprint density at radius 2 is 1.96 bits per heavy atom. The van der Waals surface area contributed by atoms with Crippen molar-refractivity contribution in [3.05, 3.63) is 29.8 Å². The summed E-state index contributed by atoms with van der Waals surface area (Å²) in [5.41, 5.74) is 0.937. The van der Waals surface area contributed by atoms with Crippen LogP contribution >= 0.6 is 24.0 Å². The Balaban J connectivity index is 0.00000484. The van der Waals surface area contributed by atoms with Crippen LogP contribution in [0.4, 0.5) is 8.78 Å². The lowest BCUT2D eigenvalue weighted by Crippen LogP contribution is -2.43. The number of alkyl halides is 2. The third kappa shape index (κ3) is 8.92. The van der Waals surface area contributed by atoms with Crippen LogP contribution in [0, 0.1) is 5.92 Å². The summed E-state index contributed by atoms with van der Waals surface area (Å²) in [6.07, 6.45) is -2.47. The van der Waals surface area contributed by atoms with E-state index in [2.05, 4.69) is 36.4 Å². The quantitative estimate of drug-likeness (QED) is 0.386. The first-order valence-electron chi connectivity index (χ1n) is 7.39. The van der Waals surface area contributed by atoms with Gasteiger partial charge in [-0.05, 0) is 30.5 Å². The van der Waals surface area contributed by atoms with E-state index in [4.69, 9.17) is 4.74 Å². The maximum Gasteiger partial charge on any atom is 0.272 e. The Kier molecular flexibility index (Phi) is 10.9. The van der Waals surface area contributed by atoms with E-state index in [0.717, 1.165) is 5.56 Å². The molecule has 1 aromatic carbocycles. The van der Waals surface area contributed by atoms with Gasteiger partial charge in [0.15, 0.2) is 5.96 Å². The Morgan fingerprint density at radius 1 is 1.26 bits per heavy atom. The highest BCUT2D eigenvalue weighted by Crippen LogP contribution is 2.14. The number of rotatable bonds is 7. The van der Waals surface area contributed by atoms with Gasteiger partial charge in [-0.25, -0.2) is 8.78 Å². The predicted octanol–water partition coefficient (Wildman–Crippen LogP) is 3.66. The number of guanidine groups is 1. The van der Waals surface area contributed by atoms with Crippen molar-refractivity contribution < 1.29 is 13.5 Å². The third-order valence-corrected chi connectivity index (χ3v) is 3.32. The molecule has 0 saturated carbocycles. The van der Waals surface area contributed by atoms with Gasteiger partial charge in [0.1, 0.15) is 12.4 Å². The Morgan fingerprint density at radius 3 is 2.52 bits per heavy atom. The summed E-state index contributed by atoms with van der Waals surface area (Å²) >= 11 is 0. The molecule has 0 aliphatic rings. The van der Waals surface area contributed by atoms with Crippen LogP contribution in [0.3, 0.4) is 0 Å². The lowest BCUT2D eigenvalue weighted by Gasteiger charge is -2.20. The van der Waals surface area contributed by atoms with Gasteiger partial charge in [-0.15, -0.1) is 24.0 Å². The fourth-order valence-electron chi connectivity index (χ4n) is 1.67. The summed E-state index contributed by atoms with van der Waals surface area (Å²) in [5.74, 6) is 1.64. The van der Waals surface area contributed by atoms with Gasteiger partial charge in [-0.1, -0.05) is 26.0 Å². The van der Waals surface area contributed by atoms with E-state index >= 15 is 0 Å². The van der Waals surface area contributed by atoms with Gasteiger partial charge < -0.3 is 15.4 Å². The molecule has 0 aliphatic carbocycles. The molecule has 0 radical (unpaired) electrons. The van der Waals surface area contributed by atoms with Crippen molar-refractivity contribution in [2.75, 3.05) is 13.7 Å². The first-order chi connectivity index (χ1) is 10.4. The highest BCUT2D eigenvalue weighted by molar-refractivity contribution is 14.0. The van der Waals surface area contributed by atoms with Gasteiger partial charge in [-0.2, -0.15) is 0 Å². The summed E-state index contributed by atoms with van der Waals surface area (Å²) in [4.78, 5) is 4.17. The first kappa shape index (κ1) is 21.9. The number of hydrogen-bond donors (Lipinski definition) is 2. The van der Waals surface area contributed by atoms with Gasteiger partial charge in [-0.3, -0.25) is 4.99 Å². The summed E-state index contributed by atoms with van der Waals surface area (Å²) in [6, 6.07) is 7.40. The second-order valence-corrected chi connectivity index (χ2v) is 5.45. The topological polar surface area (TPSA) is 45.7 Å². The van der Waals surface area contributed by atoms with Crippen LogP contribution in [0.25, 0.3) is 0 Å². The summed E-state index contributed by atoms with van der Waals surface area (Å²) < 4.78 is 29.3. The van der Waals surface area contributed by atoms with Crippen molar-refractivity contribution in [3.8, 4) is 5.75 Å². The van der Waals surface area contributed by atoms with Crippen LogP contribution in [-0.2, 0) is 6.54 Å². The summed E-state index contributed by atoms with van der Waals surface area (Å²) in [6.45, 7) is 6.31. The molecule has 7 heteroatoms. The second kappa shape index (κ2) is 11.4. The lowest BCUT2D eigenvalue weighted by molar-refractivity contribution is 0.0818. The smallest absolute Gasteiger partial charge is 0.272 e. The number of ether oxygens (including phenoxy) is 1. The Labute approximate surface area is 154 Å². The van der Waals surface area contributed by atoms with Crippen molar-refractivity contribution >= 4 is 29.9 Å². The minimum absolute atomic E-state index is 0. The standard InChI is InChI=1S/C16H25F2N3O.HI/c1-11(2)12(3)21-16(19-4)20-9-13-6-5-7-14(8-13)22-10-15(17)18;/h5-8,11-12,15H,9-10H2,1-4H3,(H2,19,20,21);1H. The number of halogens is 3. The predicted molar refractivity (Wildman–Crippen MR) is 101 cm³/mol. The molecule has 4 nitrogen and oxygen atoms in total. The van der Waals surface area contributed by atoms with E-state index in [1.54, 1.807) is 25.2 Å². The number of nitrogens with one attached hydrogen (secondary N) is 2. The first-order valence-corrected chi connectivity index (χ1v) is 7.39. The molecule has 2 N–H and O–H groups in total. The average molecular weight is 441 g/mol. The van der Waals surface area contributed by atoms with Gasteiger partial charge >= 0.3 is 0 Å². The van der Waals surface area contributed by atoms with E-state index in [1.165, 1.54) is 0 Å². The molecule has 0 spiro atoms. The van der Waals surface area contributed by atoms with Crippen LogP contribution in [0.2, 0.25) is 0 Å². The average Bonchev–Trinajstić information content (AvgIpc) is 2.49. The van der Waals surface area contributed by atoms with Gasteiger partial charge in [0.2, 0.25) is 0 Å². The van der Waals surface area contributed by atoms with Crippen LogP contribution in [-0.4, -0.2) is 32.1 Å². The SMILES string of the molecule is CN=C(NCc1cccc(OCC(F)F)c1)NC(C)C(C)C.I. The molecular weight excluding hydrogens is 415 g/mol. The lowest BCUT2D eigenvalue weighted by atomic mass is 10.1. The molecule has 1 unspecified atom stereocenters.